The second-order valence-corrected chi connectivity index (χ2v) is 6.41. The number of carbonyl (C=O) groups is 1. The summed E-state index contributed by atoms with van der Waals surface area (Å²) in [5.41, 5.74) is 2.62. The number of hydrogen-bond acceptors (Lipinski definition) is 3. The zero-order valence-electron chi connectivity index (χ0n) is 13.4. The van der Waals surface area contributed by atoms with Gasteiger partial charge in [-0.3, -0.25) is 4.79 Å². The lowest BCUT2D eigenvalue weighted by Crippen LogP contribution is -2.29. The molecule has 0 spiro atoms. The van der Waals surface area contributed by atoms with Crippen LogP contribution >= 0.6 is 11.6 Å². The first-order valence-electron chi connectivity index (χ1n) is 8.19. The number of carbonyl (C=O) groups excluding carboxylic acids is 1. The maximum absolute atomic E-state index is 12.3. The smallest absolute Gasteiger partial charge is 0.185 e. The summed E-state index contributed by atoms with van der Waals surface area (Å²) in [5, 5.41) is 9.68. The van der Waals surface area contributed by atoms with E-state index >= 15 is 0 Å². The number of anilines is 1. The van der Waals surface area contributed by atoms with Crippen LogP contribution in [0.25, 0.3) is 6.08 Å². The lowest BCUT2D eigenvalue weighted by Gasteiger charge is -2.28. The molecule has 3 rings (SSSR count). The number of phenols is 1. The number of halogens is 1. The molecule has 1 aliphatic rings. The first-order chi connectivity index (χ1) is 11.6. The van der Waals surface area contributed by atoms with Crippen molar-refractivity contribution >= 4 is 29.1 Å². The molecule has 0 atom stereocenters. The van der Waals surface area contributed by atoms with Crippen molar-refractivity contribution in [2.75, 3.05) is 18.0 Å². The number of aromatic hydroxyl groups is 1. The van der Waals surface area contributed by atoms with Crippen LogP contribution in [0.1, 0.15) is 35.2 Å². The fourth-order valence-electron chi connectivity index (χ4n) is 2.88. The van der Waals surface area contributed by atoms with E-state index in [0.29, 0.717) is 5.56 Å². The van der Waals surface area contributed by atoms with Crippen molar-refractivity contribution in [3.05, 3.63) is 64.7 Å². The largest absolute Gasteiger partial charge is 0.506 e. The normalized spacial score (nSPS) is 15.0. The quantitative estimate of drug-likeness (QED) is 0.633. The molecular formula is C20H20ClNO2. The van der Waals surface area contributed by atoms with Crippen molar-refractivity contribution in [1.82, 2.24) is 0 Å². The molecule has 124 valence electrons. The van der Waals surface area contributed by atoms with Gasteiger partial charge in [0.25, 0.3) is 0 Å². The molecule has 0 aromatic heterocycles. The van der Waals surface area contributed by atoms with Gasteiger partial charge in [-0.05, 0) is 67.3 Å². The summed E-state index contributed by atoms with van der Waals surface area (Å²) < 4.78 is 0. The average Bonchev–Trinajstić information content (AvgIpc) is 2.63. The maximum atomic E-state index is 12.3. The Hall–Kier alpha value is -2.26. The van der Waals surface area contributed by atoms with Gasteiger partial charge in [-0.25, -0.2) is 0 Å². The Labute approximate surface area is 147 Å². The number of nitrogens with zero attached hydrogens (tertiary/aromatic N) is 1. The van der Waals surface area contributed by atoms with Crippen LogP contribution in [0, 0.1) is 0 Å². The molecule has 24 heavy (non-hydrogen) atoms. The third-order valence-electron chi connectivity index (χ3n) is 4.27. The van der Waals surface area contributed by atoms with E-state index < -0.39 is 0 Å². The Morgan fingerprint density at radius 2 is 1.75 bits per heavy atom. The highest BCUT2D eigenvalue weighted by atomic mass is 35.5. The third kappa shape index (κ3) is 3.98. The molecule has 1 heterocycles. The van der Waals surface area contributed by atoms with Crippen LogP contribution in [0.5, 0.6) is 5.75 Å². The molecule has 1 N–H and O–H groups in total. The molecule has 1 fully saturated rings. The molecule has 0 unspecified atom stereocenters. The number of benzene rings is 2. The van der Waals surface area contributed by atoms with Gasteiger partial charge in [0.15, 0.2) is 5.78 Å². The molecule has 1 saturated heterocycles. The maximum Gasteiger partial charge on any atom is 0.185 e. The summed E-state index contributed by atoms with van der Waals surface area (Å²) in [5.74, 6) is -0.0159. The lowest BCUT2D eigenvalue weighted by atomic mass is 10.1. The van der Waals surface area contributed by atoms with Gasteiger partial charge in [-0.15, -0.1) is 0 Å². The lowest BCUT2D eigenvalue weighted by molar-refractivity contribution is 0.104. The molecule has 2 aromatic rings. The van der Waals surface area contributed by atoms with Gasteiger partial charge in [0.05, 0.1) is 5.02 Å². The summed E-state index contributed by atoms with van der Waals surface area (Å²) >= 11 is 5.86. The Bertz CT molecular complexity index is 747. The average molecular weight is 342 g/mol. The summed E-state index contributed by atoms with van der Waals surface area (Å²) in [6.45, 7) is 2.18. The van der Waals surface area contributed by atoms with Crippen molar-refractivity contribution in [3.8, 4) is 5.75 Å². The van der Waals surface area contributed by atoms with Gasteiger partial charge in [0.2, 0.25) is 0 Å². The van der Waals surface area contributed by atoms with E-state index in [4.69, 9.17) is 11.6 Å². The zero-order valence-corrected chi connectivity index (χ0v) is 14.2. The summed E-state index contributed by atoms with van der Waals surface area (Å²) in [7, 11) is 0. The molecule has 0 amide bonds. The van der Waals surface area contributed by atoms with Gasteiger partial charge in [0, 0.05) is 24.3 Å². The predicted octanol–water partition coefficient (Wildman–Crippen LogP) is 4.93. The molecule has 0 saturated carbocycles. The fraction of sp³-hybridized carbons (Fsp3) is 0.250. The van der Waals surface area contributed by atoms with Crippen molar-refractivity contribution < 1.29 is 9.90 Å². The number of hydrogen-bond donors (Lipinski definition) is 1. The summed E-state index contributed by atoms with van der Waals surface area (Å²) in [6.07, 6.45) is 7.00. The van der Waals surface area contributed by atoms with Crippen molar-refractivity contribution in [2.45, 2.75) is 19.3 Å². The highest BCUT2D eigenvalue weighted by Crippen LogP contribution is 2.24. The van der Waals surface area contributed by atoms with Crippen LogP contribution in [-0.4, -0.2) is 24.0 Å². The topological polar surface area (TPSA) is 40.5 Å². The minimum Gasteiger partial charge on any atom is -0.506 e. The van der Waals surface area contributed by atoms with Crippen molar-refractivity contribution in [1.29, 1.82) is 0 Å². The molecule has 0 aliphatic carbocycles. The second kappa shape index (κ2) is 7.54. The minimum absolute atomic E-state index is 0.0356. The van der Waals surface area contributed by atoms with E-state index in [2.05, 4.69) is 4.90 Å². The minimum atomic E-state index is -0.0515. The molecular weight excluding hydrogens is 322 g/mol. The van der Waals surface area contributed by atoms with Gasteiger partial charge >= 0.3 is 0 Å². The van der Waals surface area contributed by atoms with Crippen LogP contribution in [0.3, 0.4) is 0 Å². The number of ketones is 1. The Morgan fingerprint density at radius 1 is 1.04 bits per heavy atom. The molecule has 3 nitrogen and oxygen atoms in total. The Balaban J connectivity index is 1.68. The number of allylic oxidation sites excluding steroid dienone is 1. The highest BCUT2D eigenvalue weighted by molar-refractivity contribution is 6.32. The van der Waals surface area contributed by atoms with E-state index in [-0.39, 0.29) is 16.6 Å². The van der Waals surface area contributed by atoms with Crippen LogP contribution in [0.15, 0.2) is 48.5 Å². The van der Waals surface area contributed by atoms with Crippen LogP contribution in [0.2, 0.25) is 5.02 Å². The highest BCUT2D eigenvalue weighted by Gasteiger charge is 2.11. The van der Waals surface area contributed by atoms with E-state index in [0.717, 1.165) is 18.7 Å². The SMILES string of the molecule is O=C(/C=C/c1ccc(O)c(Cl)c1)c1ccc(N2CCCCC2)cc1. The Kier molecular flexibility index (Phi) is 5.21. The van der Waals surface area contributed by atoms with E-state index in [1.165, 1.54) is 37.1 Å². The van der Waals surface area contributed by atoms with Crippen molar-refractivity contribution in [3.63, 3.8) is 0 Å². The molecule has 0 radical (unpaired) electrons. The van der Waals surface area contributed by atoms with E-state index in [1.807, 2.05) is 24.3 Å². The molecule has 2 aromatic carbocycles. The zero-order chi connectivity index (χ0) is 16.9. The van der Waals surface area contributed by atoms with Crippen LogP contribution in [-0.2, 0) is 0 Å². The predicted molar refractivity (Wildman–Crippen MR) is 99.0 cm³/mol. The first-order valence-corrected chi connectivity index (χ1v) is 8.57. The van der Waals surface area contributed by atoms with Crippen LogP contribution < -0.4 is 4.90 Å². The number of rotatable bonds is 4. The number of piperidine rings is 1. The molecule has 0 bridgehead atoms. The van der Waals surface area contributed by atoms with Crippen molar-refractivity contribution in [2.24, 2.45) is 0 Å². The summed E-state index contributed by atoms with van der Waals surface area (Å²) in [4.78, 5) is 14.6. The Morgan fingerprint density at radius 3 is 2.42 bits per heavy atom. The first kappa shape index (κ1) is 16.6. The molecule has 1 aliphatic heterocycles. The molecule has 4 heteroatoms. The monoisotopic (exact) mass is 341 g/mol. The van der Waals surface area contributed by atoms with Gasteiger partial charge in [-0.2, -0.15) is 0 Å². The summed E-state index contributed by atoms with van der Waals surface area (Å²) in [6, 6.07) is 12.6. The van der Waals surface area contributed by atoms with Gasteiger partial charge < -0.3 is 10.0 Å². The van der Waals surface area contributed by atoms with E-state index in [9.17, 15) is 9.90 Å². The van der Waals surface area contributed by atoms with Crippen LogP contribution in [0.4, 0.5) is 5.69 Å². The fourth-order valence-corrected chi connectivity index (χ4v) is 3.07. The standard InChI is InChI=1S/C20H20ClNO2/c21-18-14-15(5-11-20(18)24)4-10-19(23)16-6-8-17(9-7-16)22-12-2-1-3-13-22/h4-11,14,24H,1-3,12-13H2/b10-4+. The third-order valence-corrected chi connectivity index (χ3v) is 4.57. The van der Waals surface area contributed by atoms with E-state index in [1.54, 1.807) is 18.2 Å². The van der Waals surface area contributed by atoms with Gasteiger partial charge in [-0.1, -0.05) is 23.7 Å². The van der Waals surface area contributed by atoms with Gasteiger partial charge in [0.1, 0.15) is 5.75 Å². The second-order valence-electron chi connectivity index (χ2n) is 6.00. The number of phenolic OH excluding ortho intramolecular Hbond substituents is 1.